The molecule has 0 saturated heterocycles. The fourth-order valence-corrected chi connectivity index (χ4v) is 2.28. The predicted molar refractivity (Wildman–Crippen MR) is 67.2 cm³/mol. The minimum atomic E-state index is 0.104. The average Bonchev–Trinajstić information content (AvgIpc) is 2.51. The first-order valence-corrected chi connectivity index (χ1v) is 6.19. The van der Waals surface area contributed by atoms with Gasteiger partial charge in [-0.1, -0.05) is 41.5 Å². The predicted octanol–water partition coefficient (Wildman–Crippen LogP) is 1.78. The SMILES string of the molecule is CC(C)CNC(=O)CNC1C(C)(C)C1(C)C. The van der Waals surface area contributed by atoms with Crippen LogP contribution in [-0.4, -0.2) is 25.0 Å². The fraction of sp³-hybridized carbons (Fsp3) is 0.923. The Morgan fingerprint density at radius 2 is 1.69 bits per heavy atom. The van der Waals surface area contributed by atoms with Crippen LogP contribution < -0.4 is 10.6 Å². The topological polar surface area (TPSA) is 41.1 Å². The zero-order valence-corrected chi connectivity index (χ0v) is 11.5. The Morgan fingerprint density at radius 1 is 1.19 bits per heavy atom. The monoisotopic (exact) mass is 226 g/mol. The van der Waals surface area contributed by atoms with Crippen molar-refractivity contribution in [1.82, 2.24) is 10.6 Å². The van der Waals surface area contributed by atoms with E-state index in [-0.39, 0.29) is 5.91 Å². The van der Waals surface area contributed by atoms with Gasteiger partial charge in [0.15, 0.2) is 0 Å². The molecule has 0 aliphatic heterocycles. The number of amides is 1. The van der Waals surface area contributed by atoms with E-state index in [9.17, 15) is 4.79 Å². The summed E-state index contributed by atoms with van der Waals surface area (Å²) in [6, 6.07) is 0.449. The molecular formula is C13H26N2O. The summed E-state index contributed by atoms with van der Waals surface area (Å²) in [5.74, 6) is 0.616. The molecule has 94 valence electrons. The van der Waals surface area contributed by atoms with Crippen LogP contribution >= 0.6 is 0 Å². The Labute approximate surface area is 99.4 Å². The highest BCUT2D eigenvalue weighted by atomic mass is 16.1. The molecule has 0 bridgehead atoms. The molecule has 0 aromatic heterocycles. The van der Waals surface area contributed by atoms with Gasteiger partial charge in [0.2, 0.25) is 5.91 Å². The molecule has 0 heterocycles. The lowest BCUT2D eigenvalue weighted by Crippen LogP contribution is -2.38. The van der Waals surface area contributed by atoms with Crippen molar-refractivity contribution in [2.75, 3.05) is 13.1 Å². The van der Waals surface area contributed by atoms with Gasteiger partial charge >= 0.3 is 0 Å². The van der Waals surface area contributed by atoms with Gasteiger partial charge in [-0.05, 0) is 16.7 Å². The number of nitrogens with one attached hydrogen (secondary N) is 2. The van der Waals surface area contributed by atoms with E-state index in [2.05, 4.69) is 52.2 Å². The maximum atomic E-state index is 11.5. The molecule has 1 fully saturated rings. The van der Waals surface area contributed by atoms with Gasteiger partial charge < -0.3 is 10.6 Å². The van der Waals surface area contributed by atoms with E-state index in [0.29, 0.717) is 29.3 Å². The van der Waals surface area contributed by atoms with Crippen molar-refractivity contribution in [1.29, 1.82) is 0 Å². The van der Waals surface area contributed by atoms with Crippen LogP contribution in [0.4, 0.5) is 0 Å². The van der Waals surface area contributed by atoms with Gasteiger partial charge in [0.1, 0.15) is 0 Å². The molecule has 0 aromatic rings. The van der Waals surface area contributed by atoms with Crippen molar-refractivity contribution in [3.63, 3.8) is 0 Å². The van der Waals surface area contributed by atoms with Crippen LogP contribution in [0.2, 0.25) is 0 Å². The van der Waals surface area contributed by atoms with Crippen LogP contribution in [0, 0.1) is 16.7 Å². The normalized spacial score (nSPS) is 22.2. The molecule has 1 aliphatic carbocycles. The molecule has 0 aromatic carbocycles. The average molecular weight is 226 g/mol. The highest BCUT2D eigenvalue weighted by Gasteiger charge is 2.64. The molecule has 3 heteroatoms. The number of carbonyl (C=O) groups is 1. The Bertz CT molecular complexity index is 255. The molecule has 1 rings (SSSR count). The first kappa shape index (κ1) is 13.5. The summed E-state index contributed by atoms with van der Waals surface area (Å²) in [6.45, 7) is 14.4. The van der Waals surface area contributed by atoms with E-state index in [1.165, 1.54) is 0 Å². The molecule has 1 aliphatic rings. The number of rotatable bonds is 5. The summed E-state index contributed by atoms with van der Waals surface area (Å²) in [7, 11) is 0. The summed E-state index contributed by atoms with van der Waals surface area (Å²) in [6.07, 6.45) is 0. The summed E-state index contributed by atoms with van der Waals surface area (Å²) < 4.78 is 0. The molecule has 1 amide bonds. The van der Waals surface area contributed by atoms with Crippen LogP contribution in [-0.2, 0) is 4.79 Å². The second-order valence-electron chi connectivity index (χ2n) is 6.46. The second-order valence-corrected chi connectivity index (χ2v) is 6.46. The summed E-state index contributed by atoms with van der Waals surface area (Å²) in [4.78, 5) is 11.5. The highest BCUT2D eigenvalue weighted by molar-refractivity contribution is 5.78. The number of hydrogen-bond donors (Lipinski definition) is 2. The second kappa shape index (κ2) is 4.36. The molecule has 0 spiro atoms. The standard InChI is InChI=1S/C13H26N2O/c1-9(2)7-14-10(16)8-15-11-12(3,4)13(11,5)6/h9,11,15H,7-8H2,1-6H3,(H,14,16). The maximum Gasteiger partial charge on any atom is 0.233 e. The van der Waals surface area contributed by atoms with Crippen LogP contribution in [0.15, 0.2) is 0 Å². The Kier molecular flexibility index (Phi) is 3.68. The zero-order chi connectivity index (χ0) is 12.6. The largest absolute Gasteiger partial charge is 0.355 e. The summed E-state index contributed by atoms with van der Waals surface area (Å²) >= 11 is 0. The van der Waals surface area contributed by atoms with Crippen molar-refractivity contribution in [2.45, 2.75) is 47.6 Å². The highest BCUT2D eigenvalue weighted by Crippen LogP contribution is 2.62. The van der Waals surface area contributed by atoms with Gasteiger partial charge in [-0.25, -0.2) is 0 Å². The third-order valence-electron chi connectivity index (χ3n) is 4.19. The maximum absolute atomic E-state index is 11.5. The molecule has 0 unspecified atom stereocenters. The van der Waals surface area contributed by atoms with Gasteiger partial charge in [0.25, 0.3) is 0 Å². The molecule has 0 atom stereocenters. The van der Waals surface area contributed by atoms with E-state index < -0.39 is 0 Å². The number of hydrogen-bond acceptors (Lipinski definition) is 2. The minimum absolute atomic E-state index is 0.104. The van der Waals surface area contributed by atoms with E-state index in [1.807, 2.05) is 0 Å². The van der Waals surface area contributed by atoms with Gasteiger partial charge in [-0.15, -0.1) is 0 Å². The molecule has 1 saturated carbocycles. The fourth-order valence-electron chi connectivity index (χ4n) is 2.28. The van der Waals surface area contributed by atoms with Gasteiger partial charge in [0, 0.05) is 12.6 Å². The molecule has 0 radical (unpaired) electrons. The van der Waals surface area contributed by atoms with Crippen LogP contribution in [0.1, 0.15) is 41.5 Å². The molecule has 2 N–H and O–H groups in total. The van der Waals surface area contributed by atoms with E-state index in [4.69, 9.17) is 0 Å². The van der Waals surface area contributed by atoms with Crippen molar-refractivity contribution in [3.8, 4) is 0 Å². The van der Waals surface area contributed by atoms with Crippen LogP contribution in [0.5, 0.6) is 0 Å². The molecular weight excluding hydrogens is 200 g/mol. The first-order chi connectivity index (χ1) is 7.19. The Hall–Kier alpha value is -0.570. The third-order valence-corrected chi connectivity index (χ3v) is 4.19. The summed E-state index contributed by atoms with van der Waals surface area (Å²) in [5.41, 5.74) is 0.594. The van der Waals surface area contributed by atoms with E-state index in [0.717, 1.165) is 6.54 Å². The van der Waals surface area contributed by atoms with Crippen molar-refractivity contribution in [2.24, 2.45) is 16.7 Å². The summed E-state index contributed by atoms with van der Waals surface area (Å²) in [5, 5.41) is 6.27. The lowest BCUT2D eigenvalue weighted by atomic mass is 10.0. The first-order valence-electron chi connectivity index (χ1n) is 6.19. The Morgan fingerprint density at radius 3 is 2.06 bits per heavy atom. The van der Waals surface area contributed by atoms with Crippen molar-refractivity contribution in [3.05, 3.63) is 0 Å². The van der Waals surface area contributed by atoms with Gasteiger partial charge in [-0.2, -0.15) is 0 Å². The van der Waals surface area contributed by atoms with E-state index in [1.54, 1.807) is 0 Å². The van der Waals surface area contributed by atoms with Crippen LogP contribution in [0.3, 0.4) is 0 Å². The Balaban J connectivity index is 2.24. The molecule has 16 heavy (non-hydrogen) atoms. The van der Waals surface area contributed by atoms with Crippen molar-refractivity contribution >= 4 is 5.91 Å². The van der Waals surface area contributed by atoms with Crippen molar-refractivity contribution < 1.29 is 4.79 Å². The third kappa shape index (κ3) is 2.57. The smallest absolute Gasteiger partial charge is 0.233 e. The number of carbonyl (C=O) groups excluding carboxylic acids is 1. The quantitative estimate of drug-likeness (QED) is 0.750. The van der Waals surface area contributed by atoms with Crippen LogP contribution in [0.25, 0.3) is 0 Å². The lowest BCUT2D eigenvalue weighted by molar-refractivity contribution is -0.120. The minimum Gasteiger partial charge on any atom is -0.355 e. The zero-order valence-electron chi connectivity index (χ0n) is 11.5. The lowest BCUT2D eigenvalue weighted by Gasteiger charge is -2.09. The van der Waals surface area contributed by atoms with Gasteiger partial charge in [0.05, 0.1) is 6.54 Å². The van der Waals surface area contributed by atoms with E-state index >= 15 is 0 Å². The van der Waals surface area contributed by atoms with Gasteiger partial charge in [-0.3, -0.25) is 4.79 Å². The molecule has 3 nitrogen and oxygen atoms in total.